The summed E-state index contributed by atoms with van der Waals surface area (Å²) >= 11 is 0. The molecule has 0 aliphatic heterocycles. The van der Waals surface area contributed by atoms with Gasteiger partial charge in [0.1, 0.15) is 0 Å². The maximum absolute atomic E-state index is 9.96. The molecule has 0 spiro atoms. The first-order valence-corrected chi connectivity index (χ1v) is 5.14. The zero-order chi connectivity index (χ0) is 8.34. The summed E-state index contributed by atoms with van der Waals surface area (Å²) in [7, 11) is 0. The minimum absolute atomic E-state index is 0.186. The van der Waals surface area contributed by atoms with Crippen molar-refractivity contribution in [1.82, 2.24) is 0 Å². The minimum atomic E-state index is -0.190. The van der Waals surface area contributed by atoms with Crippen molar-refractivity contribution in [2.24, 2.45) is 23.5 Å². The van der Waals surface area contributed by atoms with Gasteiger partial charge in [-0.05, 0) is 49.9 Å². The predicted octanol–water partition coefficient (Wildman–Crippen LogP) is 0.885. The zero-order valence-corrected chi connectivity index (χ0v) is 7.37. The van der Waals surface area contributed by atoms with Crippen LogP contribution in [0.3, 0.4) is 0 Å². The van der Waals surface area contributed by atoms with Gasteiger partial charge in [0.15, 0.2) is 0 Å². The van der Waals surface area contributed by atoms with Crippen LogP contribution < -0.4 is 5.73 Å². The van der Waals surface area contributed by atoms with Crippen molar-refractivity contribution in [3.8, 4) is 0 Å². The second kappa shape index (κ2) is 2.05. The lowest BCUT2D eigenvalue weighted by Crippen LogP contribution is -2.65. The van der Waals surface area contributed by atoms with Crippen LogP contribution in [0.15, 0.2) is 0 Å². The van der Waals surface area contributed by atoms with E-state index in [2.05, 4.69) is 0 Å². The number of nitrogens with two attached hydrogens (primary N) is 1. The number of hydrogen-bond acceptors (Lipinski definition) is 2. The van der Waals surface area contributed by atoms with Gasteiger partial charge in [0.2, 0.25) is 0 Å². The third kappa shape index (κ3) is 0.775. The minimum Gasteiger partial charge on any atom is -0.391 e. The maximum Gasteiger partial charge on any atom is 0.0748 e. The fourth-order valence-electron chi connectivity index (χ4n) is 4.08. The van der Waals surface area contributed by atoms with Crippen LogP contribution >= 0.6 is 0 Å². The average Bonchev–Trinajstić information content (AvgIpc) is 1.98. The smallest absolute Gasteiger partial charge is 0.0748 e. The van der Waals surface area contributed by atoms with Crippen molar-refractivity contribution in [2.45, 2.75) is 43.7 Å². The van der Waals surface area contributed by atoms with Crippen LogP contribution in [-0.2, 0) is 0 Å². The molecule has 0 aromatic heterocycles. The molecule has 0 amide bonds. The molecular formula is C10H17NO. The maximum atomic E-state index is 9.96. The van der Waals surface area contributed by atoms with Gasteiger partial charge >= 0.3 is 0 Å². The highest BCUT2D eigenvalue weighted by Crippen LogP contribution is 2.54. The number of aliphatic hydroxyl groups excluding tert-OH is 1. The molecule has 3 unspecified atom stereocenters. The van der Waals surface area contributed by atoms with E-state index in [0.29, 0.717) is 5.92 Å². The van der Waals surface area contributed by atoms with Crippen molar-refractivity contribution >= 4 is 0 Å². The van der Waals surface area contributed by atoms with Gasteiger partial charge in [-0.25, -0.2) is 0 Å². The fourth-order valence-corrected chi connectivity index (χ4v) is 4.08. The van der Waals surface area contributed by atoms with Crippen LogP contribution in [0.25, 0.3) is 0 Å². The summed E-state index contributed by atoms with van der Waals surface area (Å²) in [5, 5.41) is 9.96. The highest BCUT2D eigenvalue weighted by Gasteiger charge is 2.54. The molecule has 0 aromatic rings. The Labute approximate surface area is 73.1 Å². The first-order valence-electron chi connectivity index (χ1n) is 5.14. The lowest BCUT2D eigenvalue weighted by Gasteiger charge is -2.57. The first kappa shape index (κ1) is 7.34. The lowest BCUT2D eigenvalue weighted by atomic mass is 9.52. The van der Waals surface area contributed by atoms with Gasteiger partial charge in [-0.2, -0.15) is 0 Å². The van der Waals surface area contributed by atoms with E-state index in [-0.39, 0.29) is 11.6 Å². The van der Waals surface area contributed by atoms with Crippen LogP contribution in [0, 0.1) is 17.8 Å². The summed E-state index contributed by atoms with van der Waals surface area (Å²) in [6.45, 7) is 0. The van der Waals surface area contributed by atoms with E-state index in [1.165, 1.54) is 19.3 Å². The molecule has 12 heavy (non-hydrogen) atoms. The summed E-state index contributed by atoms with van der Waals surface area (Å²) in [4.78, 5) is 0. The molecule has 4 bridgehead atoms. The second-order valence-electron chi connectivity index (χ2n) is 5.29. The van der Waals surface area contributed by atoms with Crippen LogP contribution in [0.4, 0.5) is 0 Å². The summed E-state index contributed by atoms with van der Waals surface area (Å²) in [6, 6.07) is 0. The molecule has 5 atom stereocenters. The van der Waals surface area contributed by atoms with E-state index in [4.69, 9.17) is 5.73 Å². The van der Waals surface area contributed by atoms with Crippen LogP contribution in [0.1, 0.15) is 32.1 Å². The van der Waals surface area contributed by atoms with Crippen LogP contribution in [0.5, 0.6) is 0 Å². The molecule has 0 saturated heterocycles. The molecule has 3 N–H and O–H groups in total. The highest BCUT2D eigenvalue weighted by molar-refractivity contribution is 5.09. The Morgan fingerprint density at radius 1 is 1.08 bits per heavy atom. The molecular weight excluding hydrogens is 150 g/mol. The van der Waals surface area contributed by atoms with Crippen molar-refractivity contribution in [3.63, 3.8) is 0 Å². The van der Waals surface area contributed by atoms with E-state index >= 15 is 0 Å². The topological polar surface area (TPSA) is 46.2 Å². The van der Waals surface area contributed by atoms with Crippen molar-refractivity contribution in [3.05, 3.63) is 0 Å². The molecule has 0 radical (unpaired) electrons. The summed E-state index contributed by atoms with van der Waals surface area (Å²) < 4.78 is 0. The molecule has 2 nitrogen and oxygen atoms in total. The van der Waals surface area contributed by atoms with Crippen molar-refractivity contribution < 1.29 is 5.11 Å². The summed E-state index contributed by atoms with van der Waals surface area (Å²) in [5.41, 5.74) is 6.03. The Morgan fingerprint density at radius 3 is 2.17 bits per heavy atom. The van der Waals surface area contributed by atoms with Gasteiger partial charge in [-0.3, -0.25) is 0 Å². The summed E-state index contributed by atoms with van der Waals surface area (Å²) in [6.07, 6.45) is 5.86. The molecule has 68 valence electrons. The number of aliphatic hydroxyl groups is 1. The molecule has 4 fully saturated rings. The highest BCUT2D eigenvalue weighted by atomic mass is 16.3. The molecule has 2 heteroatoms. The standard InChI is InChI=1S/C10H17NO/c11-10-4-6-1-7(5-10)3-8(2-6)9(10)12/h6-9,12H,1-5,11H2/t6-,7+,8?,9?,10?. The Balaban J connectivity index is 1.97. The first-order chi connectivity index (χ1) is 5.67. The van der Waals surface area contributed by atoms with Gasteiger partial charge in [0, 0.05) is 5.54 Å². The van der Waals surface area contributed by atoms with E-state index in [1.807, 2.05) is 0 Å². The van der Waals surface area contributed by atoms with Gasteiger partial charge in [-0.1, -0.05) is 0 Å². The summed E-state index contributed by atoms with van der Waals surface area (Å²) in [5.74, 6) is 2.23. The third-order valence-electron chi connectivity index (χ3n) is 4.31. The van der Waals surface area contributed by atoms with Crippen molar-refractivity contribution in [1.29, 1.82) is 0 Å². The van der Waals surface area contributed by atoms with Gasteiger partial charge in [0.05, 0.1) is 6.10 Å². The predicted molar refractivity (Wildman–Crippen MR) is 46.5 cm³/mol. The van der Waals surface area contributed by atoms with Gasteiger partial charge in [0.25, 0.3) is 0 Å². The van der Waals surface area contributed by atoms with Gasteiger partial charge < -0.3 is 10.8 Å². The fraction of sp³-hybridized carbons (Fsp3) is 1.00. The SMILES string of the molecule is NC12C[C@@H]3CC(C[C@@H](C3)C1)C2O. The van der Waals surface area contributed by atoms with Crippen LogP contribution in [-0.4, -0.2) is 16.7 Å². The van der Waals surface area contributed by atoms with E-state index in [1.54, 1.807) is 0 Å². The zero-order valence-electron chi connectivity index (χ0n) is 7.37. The average molecular weight is 167 g/mol. The monoisotopic (exact) mass is 167 g/mol. The van der Waals surface area contributed by atoms with E-state index < -0.39 is 0 Å². The van der Waals surface area contributed by atoms with E-state index in [0.717, 1.165) is 24.7 Å². The second-order valence-corrected chi connectivity index (χ2v) is 5.29. The van der Waals surface area contributed by atoms with Crippen molar-refractivity contribution in [2.75, 3.05) is 0 Å². The molecule has 4 rings (SSSR count). The van der Waals surface area contributed by atoms with Gasteiger partial charge in [-0.15, -0.1) is 0 Å². The third-order valence-corrected chi connectivity index (χ3v) is 4.31. The molecule has 0 heterocycles. The Bertz CT molecular complexity index is 202. The molecule has 4 saturated carbocycles. The lowest BCUT2D eigenvalue weighted by molar-refractivity contribution is -0.107. The Morgan fingerprint density at radius 2 is 1.67 bits per heavy atom. The normalized spacial score (nSPS) is 62.5. The molecule has 0 aromatic carbocycles. The van der Waals surface area contributed by atoms with E-state index in [9.17, 15) is 5.11 Å². The largest absolute Gasteiger partial charge is 0.391 e. The Kier molecular flexibility index (Phi) is 1.25. The number of rotatable bonds is 0. The number of hydrogen-bond donors (Lipinski definition) is 2. The molecule has 4 aliphatic rings. The Hall–Kier alpha value is -0.0800. The van der Waals surface area contributed by atoms with Crippen LogP contribution in [0.2, 0.25) is 0 Å². The quantitative estimate of drug-likeness (QED) is 0.562. The molecule has 4 aliphatic carbocycles.